The van der Waals surface area contributed by atoms with E-state index in [1.807, 2.05) is 43.3 Å². The average Bonchev–Trinajstić information content (AvgIpc) is 2.86. The third kappa shape index (κ3) is 8.60. The fourth-order valence-electron chi connectivity index (χ4n) is 4.13. The molecule has 3 rings (SSSR count). The zero-order valence-electron chi connectivity index (χ0n) is 21.0. The maximum atomic E-state index is 12.8. The van der Waals surface area contributed by atoms with Crippen LogP contribution in [0.3, 0.4) is 0 Å². The Morgan fingerprint density at radius 3 is 1.94 bits per heavy atom. The van der Waals surface area contributed by atoms with Gasteiger partial charge in [0.25, 0.3) is 0 Å². The van der Waals surface area contributed by atoms with Crippen molar-refractivity contribution in [2.75, 3.05) is 25.0 Å². The largest absolute Gasteiger partial charge is 0.356 e. The van der Waals surface area contributed by atoms with Gasteiger partial charge in [-0.05, 0) is 42.5 Å². The number of urea groups is 1. The molecule has 35 heavy (non-hydrogen) atoms. The maximum Gasteiger partial charge on any atom is 0.321 e. The van der Waals surface area contributed by atoms with Crippen molar-refractivity contribution in [2.45, 2.75) is 39.5 Å². The molecule has 0 radical (unpaired) electrons. The van der Waals surface area contributed by atoms with Gasteiger partial charge in [0.15, 0.2) is 0 Å². The molecule has 5 heteroatoms. The van der Waals surface area contributed by atoms with Crippen LogP contribution in [-0.4, -0.2) is 36.5 Å². The summed E-state index contributed by atoms with van der Waals surface area (Å²) in [6, 6.07) is 28.3. The summed E-state index contributed by atoms with van der Waals surface area (Å²) in [5.41, 5.74) is 4.37. The van der Waals surface area contributed by atoms with Gasteiger partial charge >= 0.3 is 6.03 Å². The molecule has 2 N–H and O–H groups in total. The van der Waals surface area contributed by atoms with Crippen molar-refractivity contribution in [1.82, 2.24) is 10.2 Å². The van der Waals surface area contributed by atoms with Gasteiger partial charge in [0.1, 0.15) is 0 Å². The number of nitrogens with one attached hydrogen (secondary N) is 2. The van der Waals surface area contributed by atoms with E-state index in [4.69, 9.17) is 0 Å². The Bertz CT molecular complexity index is 1010. The molecule has 0 aromatic heterocycles. The van der Waals surface area contributed by atoms with E-state index in [9.17, 15) is 9.59 Å². The molecular weight excluding hydrogens is 434 g/mol. The number of nitrogens with zero attached hydrogens (tertiary/aromatic N) is 1. The first-order valence-corrected chi connectivity index (χ1v) is 12.4. The molecule has 3 aromatic carbocycles. The molecule has 0 bridgehead atoms. The Morgan fingerprint density at radius 2 is 1.40 bits per heavy atom. The maximum absolute atomic E-state index is 12.8. The van der Waals surface area contributed by atoms with Gasteiger partial charge in [0.05, 0.1) is 0 Å². The summed E-state index contributed by atoms with van der Waals surface area (Å²) < 4.78 is 0. The standard InChI is InChI=1S/C30H37N3O2/c1-23(2)22-33(30(35)32-27-16-14-24(3)15-17-27)21-19-29(34)31-20-18-28(25-10-6-4-7-11-25)26-12-8-5-9-13-26/h4-17,23,28H,18-22H2,1-3H3,(H,31,34)(H,32,35). The van der Waals surface area contributed by atoms with Gasteiger partial charge in [-0.3, -0.25) is 4.79 Å². The molecule has 0 heterocycles. The average molecular weight is 472 g/mol. The number of carbonyl (C=O) groups is 2. The van der Waals surface area contributed by atoms with E-state index in [0.29, 0.717) is 25.6 Å². The molecule has 0 aliphatic carbocycles. The Hall–Kier alpha value is -3.60. The van der Waals surface area contributed by atoms with Crippen molar-refractivity contribution >= 4 is 17.6 Å². The van der Waals surface area contributed by atoms with Crippen LogP contribution in [0.5, 0.6) is 0 Å². The normalized spacial score (nSPS) is 10.9. The van der Waals surface area contributed by atoms with Gasteiger partial charge in [-0.15, -0.1) is 0 Å². The molecule has 0 aliphatic rings. The van der Waals surface area contributed by atoms with E-state index in [1.54, 1.807) is 4.90 Å². The fourth-order valence-corrected chi connectivity index (χ4v) is 4.13. The lowest BCUT2D eigenvalue weighted by atomic mass is 9.88. The van der Waals surface area contributed by atoms with Crippen molar-refractivity contribution in [2.24, 2.45) is 5.92 Å². The zero-order valence-corrected chi connectivity index (χ0v) is 21.0. The summed E-state index contributed by atoms with van der Waals surface area (Å²) >= 11 is 0. The summed E-state index contributed by atoms with van der Waals surface area (Å²) in [5.74, 6) is 0.483. The first-order chi connectivity index (χ1) is 16.9. The minimum absolute atomic E-state index is 0.0400. The van der Waals surface area contributed by atoms with Gasteiger partial charge < -0.3 is 15.5 Å². The minimum atomic E-state index is -0.177. The topological polar surface area (TPSA) is 61.4 Å². The van der Waals surface area contributed by atoms with Gasteiger partial charge in [0.2, 0.25) is 5.91 Å². The van der Waals surface area contributed by atoms with Crippen LogP contribution in [0.4, 0.5) is 10.5 Å². The molecule has 0 atom stereocenters. The summed E-state index contributed by atoms with van der Waals surface area (Å²) in [6.45, 7) is 7.70. The van der Waals surface area contributed by atoms with Gasteiger partial charge in [-0.2, -0.15) is 0 Å². The molecule has 3 aromatic rings. The van der Waals surface area contributed by atoms with Crippen LogP contribution < -0.4 is 10.6 Å². The van der Waals surface area contributed by atoms with Crippen molar-refractivity contribution in [3.63, 3.8) is 0 Å². The first kappa shape index (κ1) is 26.0. The van der Waals surface area contributed by atoms with Crippen LogP contribution in [0.2, 0.25) is 0 Å². The highest BCUT2D eigenvalue weighted by atomic mass is 16.2. The predicted octanol–water partition coefficient (Wildman–Crippen LogP) is 6.21. The predicted molar refractivity (Wildman–Crippen MR) is 144 cm³/mol. The van der Waals surface area contributed by atoms with Gasteiger partial charge in [-0.25, -0.2) is 4.79 Å². The lowest BCUT2D eigenvalue weighted by Crippen LogP contribution is -2.40. The van der Waals surface area contributed by atoms with E-state index in [1.165, 1.54) is 11.1 Å². The van der Waals surface area contributed by atoms with Crippen LogP contribution in [0.25, 0.3) is 0 Å². The van der Waals surface area contributed by atoms with Gasteiger partial charge in [0, 0.05) is 37.7 Å². The number of hydrogen-bond acceptors (Lipinski definition) is 2. The first-order valence-electron chi connectivity index (χ1n) is 12.4. The third-order valence-electron chi connectivity index (χ3n) is 5.94. The van der Waals surface area contributed by atoms with E-state index in [2.05, 4.69) is 73.0 Å². The Labute approximate surface area is 209 Å². The summed E-state index contributed by atoms with van der Waals surface area (Å²) in [7, 11) is 0. The molecule has 0 saturated heterocycles. The fraction of sp³-hybridized carbons (Fsp3) is 0.333. The molecule has 0 saturated carbocycles. The molecule has 3 amide bonds. The SMILES string of the molecule is Cc1ccc(NC(=O)N(CCC(=O)NCCC(c2ccccc2)c2ccccc2)CC(C)C)cc1. The van der Waals surface area contributed by atoms with Crippen LogP contribution in [-0.2, 0) is 4.79 Å². The summed E-state index contributed by atoms with van der Waals surface area (Å²) in [5, 5.41) is 6.01. The van der Waals surface area contributed by atoms with Crippen LogP contribution in [0.15, 0.2) is 84.9 Å². The highest BCUT2D eigenvalue weighted by Gasteiger charge is 2.18. The van der Waals surface area contributed by atoms with E-state index < -0.39 is 0 Å². The number of benzene rings is 3. The molecule has 0 unspecified atom stereocenters. The molecule has 5 nitrogen and oxygen atoms in total. The lowest BCUT2D eigenvalue weighted by Gasteiger charge is -2.25. The van der Waals surface area contributed by atoms with Crippen molar-refractivity contribution < 1.29 is 9.59 Å². The second kappa shape index (κ2) is 13.3. The van der Waals surface area contributed by atoms with E-state index >= 15 is 0 Å². The Morgan fingerprint density at radius 1 is 0.829 bits per heavy atom. The Kier molecular flexibility index (Phi) is 9.91. The summed E-state index contributed by atoms with van der Waals surface area (Å²) in [6.07, 6.45) is 1.08. The van der Waals surface area contributed by atoms with Crippen molar-refractivity contribution in [1.29, 1.82) is 0 Å². The van der Waals surface area contributed by atoms with E-state index in [-0.39, 0.29) is 24.3 Å². The molecule has 184 valence electrons. The van der Waals surface area contributed by atoms with Crippen LogP contribution in [0.1, 0.15) is 49.3 Å². The highest BCUT2D eigenvalue weighted by molar-refractivity contribution is 5.89. The summed E-state index contributed by atoms with van der Waals surface area (Å²) in [4.78, 5) is 27.2. The second-order valence-corrected chi connectivity index (χ2v) is 9.40. The second-order valence-electron chi connectivity index (χ2n) is 9.40. The molecule has 0 spiro atoms. The van der Waals surface area contributed by atoms with Crippen molar-refractivity contribution in [3.8, 4) is 0 Å². The molecule has 0 aliphatic heterocycles. The Balaban J connectivity index is 1.52. The smallest absolute Gasteiger partial charge is 0.321 e. The number of rotatable bonds is 11. The number of amides is 3. The highest BCUT2D eigenvalue weighted by Crippen LogP contribution is 2.27. The zero-order chi connectivity index (χ0) is 25.0. The van der Waals surface area contributed by atoms with E-state index in [0.717, 1.165) is 17.7 Å². The molecular formula is C30H37N3O2. The molecule has 0 fully saturated rings. The number of aryl methyl sites for hydroxylation is 1. The quantitative estimate of drug-likeness (QED) is 0.349. The monoisotopic (exact) mass is 471 g/mol. The lowest BCUT2D eigenvalue weighted by molar-refractivity contribution is -0.121. The van der Waals surface area contributed by atoms with Gasteiger partial charge in [-0.1, -0.05) is 92.2 Å². The number of anilines is 1. The minimum Gasteiger partial charge on any atom is -0.356 e. The number of carbonyl (C=O) groups excluding carboxylic acids is 2. The van der Waals surface area contributed by atoms with Crippen molar-refractivity contribution in [3.05, 3.63) is 102 Å². The van der Waals surface area contributed by atoms with Crippen LogP contribution >= 0.6 is 0 Å². The van der Waals surface area contributed by atoms with Crippen LogP contribution in [0, 0.1) is 12.8 Å². The number of hydrogen-bond donors (Lipinski definition) is 2. The third-order valence-corrected chi connectivity index (χ3v) is 5.94.